The van der Waals surface area contributed by atoms with Crippen molar-refractivity contribution < 1.29 is 17.9 Å². The molecule has 1 heterocycles. The minimum Gasteiger partial charge on any atom is -0.497 e. The van der Waals surface area contributed by atoms with Crippen LogP contribution < -0.4 is 9.88 Å². The van der Waals surface area contributed by atoms with Crippen LogP contribution in [0.1, 0.15) is 18.4 Å². The number of benzene rings is 1. The number of rotatable bonds is 4. The predicted octanol–water partition coefficient (Wildman–Crippen LogP) is 0.517. The molecule has 1 unspecified atom stereocenters. The van der Waals surface area contributed by atoms with Crippen LogP contribution in [0.4, 0.5) is 0 Å². The van der Waals surface area contributed by atoms with Gasteiger partial charge in [-0.15, -0.1) is 0 Å². The van der Waals surface area contributed by atoms with E-state index in [4.69, 9.17) is 9.88 Å². The first-order valence-electron chi connectivity index (χ1n) is 6.82. The van der Waals surface area contributed by atoms with Gasteiger partial charge in [0.05, 0.1) is 18.8 Å². The monoisotopic (exact) mass is 312 g/mol. The Morgan fingerprint density at radius 1 is 1.48 bits per heavy atom. The Morgan fingerprint density at radius 3 is 2.90 bits per heavy atom. The van der Waals surface area contributed by atoms with Gasteiger partial charge in [0, 0.05) is 13.1 Å². The van der Waals surface area contributed by atoms with Gasteiger partial charge < -0.3 is 9.64 Å². The second kappa shape index (κ2) is 6.44. The van der Waals surface area contributed by atoms with E-state index >= 15 is 0 Å². The fraction of sp³-hybridized carbons (Fsp3) is 0.500. The van der Waals surface area contributed by atoms with Gasteiger partial charge in [0.2, 0.25) is 15.9 Å². The molecule has 2 rings (SSSR count). The summed E-state index contributed by atoms with van der Waals surface area (Å²) in [7, 11) is -2.02. The van der Waals surface area contributed by atoms with Crippen molar-refractivity contribution in [1.82, 2.24) is 4.90 Å². The van der Waals surface area contributed by atoms with Crippen molar-refractivity contribution in [2.45, 2.75) is 24.5 Å². The standard InChI is InChI=1S/C14H20N2O4S/c1-20-12-5-2-4-11(8-12)9-14(17)16-7-3-6-13(10-16)21(15,18)19/h2,4-5,8,13H,3,6-7,9-10H2,1H3,(H2,15,18,19). The smallest absolute Gasteiger partial charge is 0.227 e. The maximum absolute atomic E-state index is 12.3. The van der Waals surface area contributed by atoms with Crippen LogP contribution in [-0.2, 0) is 21.2 Å². The highest BCUT2D eigenvalue weighted by Crippen LogP contribution is 2.18. The number of nitrogens with two attached hydrogens (primary N) is 1. The molecule has 0 aliphatic carbocycles. The number of likely N-dealkylation sites (tertiary alicyclic amines) is 1. The molecular formula is C14H20N2O4S. The number of sulfonamides is 1. The van der Waals surface area contributed by atoms with E-state index in [-0.39, 0.29) is 18.9 Å². The highest BCUT2D eigenvalue weighted by Gasteiger charge is 2.30. The Kier molecular flexibility index (Phi) is 4.84. The second-order valence-corrected chi connectivity index (χ2v) is 7.07. The van der Waals surface area contributed by atoms with Crippen LogP contribution in [0.15, 0.2) is 24.3 Å². The number of hydrogen-bond donors (Lipinski definition) is 1. The van der Waals surface area contributed by atoms with Gasteiger partial charge in [0.15, 0.2) is 0 Å². The molecule has 1 fully saturated rings. The average Bonchev–Trinajstić information content (AvgIpc) is 2.46. The summed E-state index contributed by atoms with van der Waals surface area (Å²) in [6.45, 7) is 0.760. The Balaban J connectivity index is 2.02. The van der Waals surface area contributed by atoms with Crippen molar-refractivity contribution in [3.63, 3.8) is 0 Å². The van der Waals surface area contributed by atoms with Gasteiger partial charge in [-0.05, 0) is 30.5 Å². The Morgan fingerprint density at radius 2 is 2.24 bits per heavy atom. The van der Waals surface area contributed by atoms with Crippen molar-refractivity contribution in [3.05, 3.63) is 29.8 Å². The maximum Gasteiger partial charge on any atom is 0.227 e. The molecule has 1 saturated heterocycles. The van der Waals surface area contributed by atoms with Gasteiger partial charge in [-0.3, -0.25) is 4.79 Å². The van der Waals surface area contributed by atoms with Crippen molar-refractivity contribution >= 4 is 15.9 Å². The zero-order valence-electron chi connectivity index (χ0n) is 12.0. The summed E-state index contributed by atoms with van der Waals surface area (Å²) in [5.74, 6) is 0.609. The lowest BCUT2D eigenvalue weighted by Gasteiger charge is -2.31. The van der Waals surface area contributed by atoms with E-state index in [9.17, 15) is 13.2 Å². The van der Waals surface area contributed by atoms with Crippen LogP contribution in [0.5, 0.6) is 5.75 Å². The summed E-state index contributed by atoms with van der Waals surface area (Å²) in [4.78, 5) is 13.9. The number of hydrogen-bond acceptors (Lipinski definition) is 4. The van der Waals surface area contributed by atoms with Gasteiger partial charge >= 0.3 is 0 Å². The zero-order chi connectivity index (χ0) is 15.5. The highest BCUT2D eigenvalue weighted by molar-refractivity contribution is 7.89. The minimum absolute atomic E-state index is 0.0865. The van der Waals surface area contributed by atoms with Crippen molar-refractivity contribution in [1.29, 1.82) is 0 Å². The summed E-state index contributed by atoms with van der Waals surface area (Å²) < 4.78 is 28.0. The molecule has 1 aromatic rings. The lowest BCUT2D eigenvalue weighted by atomic mass is 10.1. The maximum atomic E-state index is 12.3. The Hall–Kier alpha value is -1.60. The van der Waals surface area contributed by atoms with Crippen LogP contribution in [0.25, 0.3) is 0 Å². The molecule has 6 nitrogen and oxygen atoms in total. The van der Waals surface area contributed by atoms with Crippen molar-refractivity contribution in [2.75, 3.05) is 20.2 Å². The van der Waals surface area contributed by atoms with E-state index in [1.54, 1.807) is 18.1 Å². The summed E-state index contributed by atoms with van der Waals surface area (Å²) >= 11 is 0. The molecule has 1 amide bonds. The molecule has 0 aromatic heterocycles. The van der Waals surface area contributed by atoms with Crippen LogP contribution >= 0.6 is 0 Å². The quantitative estimate of drug-likeness (QED) is 0.877. The predicted molar refractivity (Wildman–Crippen MR) is 79.4 cm³/mol. The van der Waals surface area contributed by atoms with Crippen LogP contribution in [0, 0.1) is 0 Å². The van der Waals surface area contributed by atoms with E-state index in [1.807, 2.05) is 18.2 Å². The first-order valence-corrected chi connectivity index (χ1v) is 8.43. The minimum atomic E-state index is -3.59. The molecule has 1 aliphatic rings. The summed E-state index contributed by atoms with van der Waals surface area (Å²) in [6.07, 6.45) is 1.40. The fourth-order valence-corrected chi connectivity index (χ4v) is 3.38. The van der Waals surface area contributed by atoms with Crippen molar-refractivity contribution in [3.8, 4) is 5.75 Å². The van der Waals surface area contributed by atoms with Gasteiger partial charge in [0.25, 0.3) is 0 Å². The van der Waals surface area contributed by atoms with E-state index in [2.05, 4.69) is 0 Å². The average molecular weight is 312 g/mol. The number of amides is 1. The van der Waals surface area contributed by atoms with E-state index in [0.717, 1.165) is 5.56 Å². The summed E-state index contributed by atoms with van der Waals surface area (Å²) in [6, 6.07) is 7.29. The number of nitrogens with zero attached hydrogens (tertiary/aromatic N) is 1. The van der Waals surface area contributed by atoms with E-state index < -0.39 is 15.3 Å². The first-order chi connectivity index (χ1) is 9.90. The molecule has 1 aliphatic heterocycles. The largest absolute Gasteiger partial charge is 0.497 e. The Bertz CT molecular complexity index is 615. The third-order valence-electron chi connectivity index (χ3n) is 3.68. The van der Waals surface area contributed by atoms with Gasteiger partial charge in [-0.2, -0.15) is 0 Å². The molecule has 0 radical (unpaired) electrons. The fourth-order valence-electron chi connectivity index (χ4n) is 2.50. The third kappa shape index (κ3) is 4.18. The molecule has 21 heavy (non-hydrogen) atoms. The number of piperidine rings is 1. The molecule has 0 saturated carbocycles. The number of ether oxygens (including phenoxy) is 1. The molecule has 2 N–H and O–H groups in total. The third-order valence-corrected chi connectivity index (χ3v) is 5.00. The lowest BCUT2D eigenvalue weighted by molar-refractivity contribution is -0.131. The topological polar surface area (TPSA) is 89.7 Å². The molecule has 1 aromatic carbocycles. The number of primary sulfonamides is 1. The first kappa shape index (κ1) is 15.8. The molecular weight excluding hydrogens is 292 g/mol. The second-order valence-electron chi connectivity index (χ2n) is 5.22. The SMILES string of the molecule is COc1cccc(CC(=O)N2CCCC(S(N)(=O)=O)C2)c1. The van der Waals surface area contributed by atoms with Gasteiger partial charge in [0.1, 0.15) is 5.75 Å². The molecule has 0 bridgehead atoms. The lowest BCUT2D eigenvalue weighted by Crippen LogP contribution is -2.47. The highest BCUT2D eigenvalue weighted by atomic mass is 32.2. The number of carbonyl (C=O) groups is 1. The van der Waals surface area contributed by atoms with Crippen molar-refractivity contribution in [2.24, 2.45) is 5.14 Å². The molecule has 0 spiro atoms. The summed E-state index contributed by atoms with van der Waals surface area (Å²) in [5, 5.41) is 4.53. The molecule has 116 valence electrons. The Labute approximate surface area is 124 Å². The van der Waals surface area contributed by atoms with Crippen LogP contribution in [-0.4, -0.2) is 44.7 Å². The van der Waals surface area contributed by atoms with Crippen LogP contribution in [0.2, 0.25) is 0 Å². The summed E-state index contributed by atoms with van der Waals surface area (Å²) in [5.41, 5.74) is 0.845. The van der Waals surface area contributed by atoms with Crippen LogP contribution in [0.3, 0.4) is 0 Å². The van der Waals surface area contributed by atoms with E-state index in [0.29, 0.717) is 25.1 Å². The number of methoxy groups -OCH3 is 1. The number of carbonyl (C=O) groups excluding carboxylic acids is 1. The normalized spacial score (nSPS) is 19.3. The molecule has 1 atom stereocenters. The van der Waals surface area contributed by atoms with Gasteiger partial charge in [-0.25, -0.2) is 13.6 Å². The zero-order valence-corrected chi connectivity index (χ0v) is 12.8. The van der Waals surface area contributed by atoms with E-state index in [1.165, 1.54) is 0 Å². The molecule has 7 heteroatoms. The van der Waals surface area contributed by atoms with Gasteiger partial charge in [-0.1, -0.05) is 12.1 Å².